The van der Waals surface area contributed by atoms with Crippen LogP contribution in [0.5, 0.6) is 11.5 Å². The van der Waals surface area contributed by atoms with Crippen LogP contribution in [0.15, 0.2) is 42.5 Å². The van der Waals surface area contributed by atoms with Crippen molar-refractivity contribution in [2.75, 3.05) is 20.8 Å². The van der Waals surface area contributed by atoms with Crippen molar-refractivity contribution in [1.29, 1.82) is 0 Å². The molecule has 0 amide bonds. The number of rotatable bonds is 5. The zero-order chi connectivity index (χ0) is 17.9. The molecule has 0 bridgehead atoms. The van der Waals surface area contributed by atoms with Crippen LogP contribution in [0.2, 0.25) is 0 Å². The van der Waals surface area contributed by atoms with Gasteiger partial charge in [0.05, 0.1) is 14.2 Å². The minimum Gasteiger partial charge on any atom is -0.493 e. The second-order valence-electron chi connectivity index (χ2n) is 6.27. The molecule has 2 aromatic carbocycles. The number of benzene rings is 2. The molecule has 4 rings (SSSR count). The monoisotopic (exact) mass is 351 g/mol. The normalized spacial score (nSPS) is 14.1. The van der Waals surface area contributed by atoms with Gasteiger partial charge in [-0.1, -0.05) is 30.3 Å². The molecule has 3 aromatic rings. The quantitative estimate of drug-likeness (QED) is 0.703. The highest BCUT2D eigenvalue weighted by Gasteiger charge is 2.20. The van der Waals surface area contributed by atoms with Gasteiger partial charge in [-0.2, -0.15) is 0 Å². The van der Waals surface area contributed by atoms with E-state index in [-0.39, 0.29) is 0 Å². The Labute approximate surface area is 152 Å². The summed E-state index contributed by atoms with van der Waals surface area (Å²) in [5.41, 5.74) is 3.52. The summed E-state index contributed by atoms with van der Waals surface area (Å²) >= 11 is 0. The third-order valence-electron chi connectivity index (χ3n) is 4.61. The number of ether oxygens (including phenoxy) is 2. The predicted molar refractivity (Wildman–Crippen MR) is 96.9 cm³/mol. The Morgan fingerprint density at radius 3 is 2.46 bits per heavy atom. The van der Waals surface area contributed by atoms with E-state index in [0.717, 1.165) is 36.6 Å². The first-order valence-electron chi connectivity index (χ1n) is 8.56. The molecule has 0 spiro atoms. The summed E-state index contributed by atoms with van der Waals surface area (Å²) in [5.74, 6) is 2.19. The van der Waals surface area contributed by atoms with Gasteiger partial charge in [-0.05, 0) is 34.9 Å². The number of nitrogens with zero attached hydrogens (tertiary/aromatic N) is 5. The van der Waals surface area contributed by atoms with Crippen molar-refractivity contribution in [3.05, 3.63) is 53.6 Å². The van der Waals surface area contributed by atoms with Crippen molar-refractivity contribution in [1.82, 2.24) is 25.1 Å². The first-order valence-corrected chi connectivity index (χ1v) is 8.56. The van der Waals surface area contributed by atoms with Gasteiger partial charge in [0, 0.05) is 18.7 Å². The van der Waals surface area contributed by atoms with Crippen LogP contribution in [0.25, 0.3) is 11.4 Å². The first-order chi connectivity index (χ1) is 12.8. The summed E-state index contributed by atoms with van der Waals surface area (Å²) in [5, 5.41) is 12.9. The third-order valence-corrected chi connectivity index (χ3v) is 4.61. The highest BCUT2D eigenvalue weighted by molar-refractivity contribution is 5.53. The van der Waals surface area contributed by atoms with Crippen molar-refractivity contribution in [3.63, 3.8) is 0 Å². The summed E-state index contributed by atoms with van der Waals surface area (Å²) in [4.78, 5) is 3.94. The van der Waals surface area contributed by atoms with Crippen molar-refractivity contribution in [2.45, 2.75) is 19.6 Å². The van der Waals surface area contributed by atoms with Gasteiger partial charge in [-0.3, -0.25) is 4.90 Å². The number of aromatic nitrogens is 4. The Bertz CT molecular complexity index is 894. The van der Waals surface area contributed by atoms with E-state index in [4.69, 9.17) is 9.47 Å². The fraction of sp³-hybridized carbons (Fsp3) is 0.316. The maximum Gasteiger partial charge on any atom is 0.204 e. The smallest absolute Gasteiger partial charge is 0.204 e. The molecule has 0 unspecified atom stereocenters. The van der Waals surface area contributed by atoms with Crippen LogP contribution >= 0.6 is 0 Å². The van der Waals surface area contributed by atoms with Crippen LogP contribution in [0, 0.1) is 0 Å². The summed E-state index contributed by atoms with van der Waals surface area (Å²) in [7, 11) is 3.33. The topological polar surface area (TPSA) is 65.3 Å². The van der Waals surface area contributed by atoms with Crippen LogP contribution in [0.4, 0.5) is 0 Å². The Hall–Kier alpha value is -2.93. The highest BCUT2D eigenvalue weighted by Crippen LogP contribution is 2.33. The molecular formula is C19H21N5O2. The third kappa shape index (κ3) is 3.25. The van der Waals surface area contributed by atoms with Gasteiger partial charge in [0.25, 0.3) is 0 Å². The molecule has 26 heavy (non-hydrogen) atoms. The lowest BCUT2D eigenvalue weighted by molar-refractivity contribution is 0.175. The van der Waals surface area contributed by atoms with Crippen LogP contribution < -0.4 is 9.47 Å². The molecule has 2 heterocycles. The van der Waals surface area contributed by atoms with Gasteiger partial charge in [0.1, 0.15) is 6.67 Å². The van der Waals surface area contributed by atoms with Gasteiger partial charge in [0.15, 0.2) is 11.5 Å². The minimum atomic E-state index is 0.605. The van der Waals surface area contributed by atoms with Crippen LogP contribution in [0.3, 0.4) is 0 Å². The molecule has 1 aliphatic heterocycles. The summed E-state index contributed by atoms with van der Waals surface area (Å²) in [6, 6.07) is 14.0. The lowest BCUT2D eigenvalue weighted by Crippen LogP contribution is -2.33. The number of fused-ring (bicyclic) bond motifs is 1. The van der Waals surface area contributed by atoms with Gasteiger partial charge >= 0.3 is 0 Å². The predicted octanol–water partition coefficient (Wildman–Crippen LogP) is 2.37. The van der Waals surface area contributed by atoms with E-state index in [9.17, 15) is 0 Å². The molecule has 0 aliphatic carbocycles. The van der Waals surface area contributed by atoms with E-state index < -0.39 is 0 Å². The van der Waals surface area contributed by atoms with Crippen molar-refractivity contribution >= 4 is 0 Å². The van der Waals surface area contributed by atoms with Crippen LogP contribution in [-0.2, 0) is 19.6 Å². The molecule has 0 atom stereocenters. The molecule has 7 nitrogen and oxygen atoms in total. The standard InChI is InChI=1S/C19H21N5O2/c1-25-17-10-15-8-9-23(12-16(15)11-18(17)26-2)13-24-21-19(20-22-24)14-6-4-3-5-7-14/h3-7,10-11H,8-9,12-13H2,1-2H3. The van der Waals surface area contributed by atoms with Gasteiger partial charge in [-0.15, -0.1) is 15.0 Å². The fourth-order valence-electron chi connectivity index (χ4n) is 3.25. The molecule has 0 fully saturated rings. The van der Waals surface area contributed by atoms with E-state index in [2.05, 4.69) is 32.4 Å². The zero-order valence-corrected chi connectivity index (χ0v) is 14.9. The Balaban J connectivity index is 1.49. The minimum absolute atomic E-state index is 0.605. The van der Waals surface area contributed by atoms with E-state index in [1.54, 1.807) is 19.0 Å². The van der Waals surface area contributed by atoms with Crippen molar-refractivity contribution in [3.8, 4) is 22.9 Å². The van der Waals surface area contributed by atoms with Crippen LogP contribution in [-0.4, -0.2) is 45.9 Å². The molecule has 7 heteroatoms. The average molecular weight is 351 g/mol. The van der Waals surface area contributed by atoms with Gasteiger partial charge in [0.2, 0.25) is 5.82 Å². The van der Waals surface area contributed by atoms with E-state index in [1.165, 1.54) is 11.1 Å². The molecular weight excluding hydrogens is 330 g/mol. The Morgan fingerprint density at radius 2 is 1.73 bits per heavy atom. The molecule has 1 aromatic heterocycles. The molecule has 134 valence electrons. The maximum absolute atomic E-state index is 5.42. The molecule has 0 saturated heterocycles. The summed E-state index contributed by atoms with van der Waals surface area (Å²) in [6.07, 6.45) is 0.954. The van der Waals surface area contributed by atoms with E-state index in [0.29, 0.717) is 12.5 Å². The van der Waals surface area contributed by atoms with E-state index in [1.807, 2.05) is 30.3 Å². The zero-order valence-electron chi connectivity index (χ0n) is 14.9. The van der Waals surface area contributed by atoms with Crippen molar-refractivity contribution < 1.29 is 9.47 Å². The largest absolute Gasteiger partial charge is 0.493 e. The van der Waals surface area contributed by atoms with E-state index >= 15 is 0 Å². The second kappa shape index (κ2) is 7.13. The summed E-state index contributed by atoms with van der Waals surface area (Å²) in [6.45, 7) is 2.36. The van der Waals surface area contributed by atoms with Crippen LogP contribution in [0.1, 0.15) is 11.1 Å². The van der Waals surface area contributed by atoms with Gasteiger partial charge in [-0.25, -0.2) is 0 Å². The second-order valence-corrected chi connectivity index (χ2v) is 6.27. The molecule has 0 radical (unpaired) electrons. The number of hydrogen-bond acceptors (Lipinski definition) is 6. The Morgan fingerprint density at radius 1 is 1.00 bits per heavy atom. The SMILES string of the molecule is COc1cc2c(cc1OC)CN(Cn1nnc(-c3ccccc3)n1)CC2. The molecule has 0 saturated carbocycles. The lowest BCUT2D eigenvalue weighted by Gasteiger charge is -2.28. The fourth-order valence-corrected chi connectivity index (χ4v) is 3.25. The summed E-state index contributed by atoms with van der Waals surface area (Å²) < 4.78 is 10.8. The van der Waals surface area contributed by atoms with Crippen molar-refractivity contribution in [2.24, 2.45) is 0 Å². The Kier molecular flexibility index (Phi) is 4.53. The average Bonchev–Trinajstić information content (AvgIpc) is 3.16. The number of hydrogen-bond donors (Lipinski definition) is 0. The number of tetrazole rings is 1. The highest BCUT2D eigenvalue weighted by atomic mass is 16.5. The first kappa shape index (κ1) is 16.5. The van der Waals surface area contributed by atoms with Gasteiger partial charge < -0.3 is 9.47 Å². The lowest BCUT2D eigenvalue weighted by atomic mass is 9.99. The maximum atomic E-state index is 5.42. The molecule has 0 N–H and O–H groups in total. The molecule has 1 aliphatic rings. The number of methoxy groups -OCH3 is 2.